The van der Waals surface area contributed by atoms with Crippen molar-refractivity contribution in [1.82, 2.24) is 9.78 Å². The summed E-state index contributed by atoms with van der Waals surface area (Å²) in [5, 5.41) is 14.1. The van der Waals surface area contributed by atoms with E-state index in [1.807, 2.05) is 24.1 Å². The molecule has 0 radical (unpaired) electrons. The summed E-state index contributed by atoms with van der Waals surface area (Å²) in [5.41, 5.74) is 1.23. The van der Waals surface area contributed by atoms with E-state index < -0.39 is 0 Å². The van der Waals surface area contributed by atoms with Gasteiger partial charge in [0.2, 0.25) is 0 Å². The Morgan fingerprint density at radius 2 is 1.62 bits per heavy atom. The number of unbranched alkanes of at least 4 members (excludes halogenated alkanes) is 8. The number of aliphatic hydroxyl groups is 1. The highest BCUT2D eigenvalue weighted by molar-refractivity contribution is 5.03. The first-order chi connectivity index (χ1) is 10.2. The normalized spacial score (nSPS) is 12.7. The van der Waals surface area contributed by atoms with Crippen LogP contribution in [0.1, 0.15) is 83.1 Å². The van der Waals surface area contributed by atoms with Crippen molar-refractivity contribution < 1.29 is 5.11 Å². The van der Waals surface area contributed by atoms with Gasteiger partial charge in [0.1, 0.15) is 0 Å². The number of aryl methyl sites for hydroxylation is 2. The van der Waals surface area contributed by atoms with E-state index in [4.69, 9.17) is 0 Å². The zero-order chi connectivity index (χ0) is 15.3. The Hall–Kier alpha value is -0.830. The summed E-state index contributed by atoms with van der Waals surface area (Å²) in [5.74, 6) is 0. The van der Waals surface area contributed by atoms with Gasteiger partial charge in [0.25, 0.3) is 0 Å². The van der Waals surface area contributed by atoms with Gasteiger partial charge in [-0.3, -0.25) is 4.68 Å². The lowest BCUT2D eigenvalue weighted by atomic mass is 10.0. The van der Waals surface area contributed by atoms with Gasteiger partial charge in [-0.15, -0.1) is 0 Å². The van der Waals surface area contributed by atoms with Crippen molar-refractivity contribution in [3.05, 3.63) is 18.0 Å². The van der Waals surface area contributed by atoms with Crippen LogP contribution in [0.5, 0.6) is 0 Å². The minimum Gasteiger partial charge on any atom is -0.393 e. The first kappa shape index (κ1) is 18.2. The second-order valence-electron chi connectivity index (χ2n) is 6.33. The highest BCUT2D eigenvalue weighted by Gasteiger charge is 2.05. The average Bonchev–Trinajstić information content (AvgIpc) is 2.89. The van der Waals surface area contributed by atoms with Crippen LogP contribution in [-0.4, -0.2) is 21.0 Å². The lowest BCUT2D eigenvalue weighted by Crippen LogP contribution is -2.07. The Labute approximate surface area is 130 Å². The smallest absolute Gasteiger partial charge is 0.0543 e. The third kappa shape index (κ3) is 9.67. The summed E-state index contributed by atoms with van der Waals surface area (Å²) in [6, 6.07) is 0. The molecule has 1 heterocycles. The van der Waals surface area contributed by atoms with Gasteiger partial charge >= 0.3 is 0 Å². The Balaban J connectivity index is 1.88. The topological polar surface area (TPSA) is 38.1 Å². The van der Waals surface area contributed by atoms with E-state index >= 15 is 0 Å². The largest absolute Gasteiger partial charge is 0.393 e. The van der Waals surface area contributed by atoms with Crippen molar-refractivity contribution in [1.29, 1.82) is 0 Å². The predicted octanol–water partition coefficient (Wildman–Crippen LogP) is 4.63. The van der Waals surface area contributed by atoms with Gasteiger partial charge in [-0.05, 0) is 24.8 Å². The van der Waals surface area contributed by atoms with E-state index in [0.29, 0.717) is 0 Å². The maximum absolute atomic E-state index is 9.99. The summed E-state index contributed by atoms with van der Waals surface area (Å²) in [6.45, 7) is 2.26. The summed E-state index contributed by atoms with van der Waals surface area (Å²) in [4.78, 5) is 0. The Morgan fingerprint density at radius 1 is 1.00 bits per heavy atom. The van der Waals surface area contributed by atoms with Crippen molar-refractivity contribution in [2.24, 2.45) is 7.05 Å². The van der Waals surface area contributed by atoms with Gasteiger partial charge in [0.15, 0.2) is 0 Å². The molecule has 0 aromatic carbocycles. The molecule has 0 spiro atoms. The van der Waals surface area contributed by atoms with Crippen LogP contribution in [0, 0.1) is 0 Å². The Morgan fingerprint density at radius 3 is 2.19 bits per heavy atom. The molecule has 1 rings (SSSR count). The van der Waals surface area contributed by atoms with Crippen LogP contribution in [-0.2, 0) is 13.5 Å². The predicted molar refractivity (Wildman–Crippen MR) is 89.4 cm³/mol. The quantitative estimate of drug-likeness (QED) is 0.538. The first-order valence-corrected chi connectivity index (χ1v) is 8.88. The molecule has 0 amide bonds. The SMILES string of the molecule is CCCCCCCCCCCC(O)CCc1cnn(C)c1. The standard InChI is InChI=1S/C18H34N2O/c1-3-4-5-6-7-8-9-10-11-12-18(21)14-13-17-15-19-20(2)16-17/h15-16,18,21H,3-14H2,1-2H3. The van der Waals surface area contributed by atoms with Crippen LogP contribution in [0.2, 0.25) is 0 Å². The van der Waals surface area contributed by atoms with Crippen molar-refractivity contribution in [2.45, 2.75) is 90.1 Å². The van der Waals surface area contributed by atoms with Crippen molar-refractivity contribution in [3.63, 3.8) is 0 Å². The molecule has 0 saturated heterocycles. The van der Waals surface area contributed by atoms with Gasteiger partial charge in [0, 0.05) is 13.2 Å². The maximum atomic E-state index is 9.99. The third-order valence-electron chi connectivity index (χ3n) is 4.17. The number of hydrogen-bond acceptors (Lipinski definition) is 2. The number of aliphatic hydroxyl groups excluding tert-OH is 1. The average molecular weight is 294 g/mol. The molecule has 3 nitrogen and oxygen atoms in total. The van der Waals surface area contributed by atoms with E-state index in [0.717, 1.165) is 19.3 Å². The molecule has 1 N–H and O–H groups in total. The lowest BCUT2D eigenvalue weighted by Gasteiger charge is -2.09. The van der Waals surface area contributed by atoms with Gasteiger partial charge in [-0.1, -0.05) is 64.7 Å². The number of nitrogens with zero attached hydrogens (tertiary/aromatic N) is 2. The molecule has 0 fully saturated rings. The fourth-order valence-corrected chi connectivity index (χ4v) is 2.77. The van der Waals surface area contributed by atoms with E-state index in [1.54, 1.807) is 0 Å². The number of hydrogen-bond donors (Lipinski definition) is 1. The monoisotopic (exact) mass is 294 g/mol. The summed E-state index contributed by atoms with van der Waals surface area (Å²) < 4.78 is 1.82. The maximum Gasteiger partial charge on any atom is 0.0543 e. The molecule has 0 saturated carbocycles. The lowest BCUT2D eigenvalue weighted by molar-refractivity contribution is 0.151. The van der Waals surface area contributed by atoms with Crippen LogP contribution in [0.3, 0.4) is 0 Å². The van der Waals surface area contributed by atoms with Crippen LogP contribution >= 0.6 is 0 Å². The molecule has 3 heteroatoms. The third-order valence-corrected chi connectivity index (χ3v) is 4.17. The van der Waals surface area contributed by atoms with Crippen LogP contribution < -0.4 is 0 Å². The molecule has 0 bridgehead atoms. The fourth-order valence-electron chi connectivity index (χ4n) is 2.77. The van der Waals surface area contributed by atoms with Crippen molar-refractivity contribution in [3.8, 4) is 0 Å². The van der Waals surface area contributed by atoms with Crippen LogP contribution in [0.25, 0.3) is 0 Å². The van der Waals surface area contributed by atoms with E-state index in [9.17, 15) is 5.11 Å². The minimum atomic E-state index is -0.144. The van der Waals surface area contributed by atoms with Gasteiger partial charge < -0.3 is 5.11 Å². The number of rotatable bonds is 13. The molecular weight excluding hydrogens is 260 g/mol. The summed E-state index contributed by atoms with van der Waals surface area (Å²) >= 11 is 0. The second-order valence-corrected chi connectivity index (χ2v) is 6.33. The fraction of sp³-hybridized carbons (Fsp3) is 0.833. The summed E-state index contributed by atoms with van der Waals surface area (Å²) in [7, 11) is 1.93. The van der Waals surface area contributed by atoms with Gasteiger partial charge in [-0.2, -0.15) is 5.10 Å². The van der Waals surface area contributed by atoms with E-state index in [1.165, 1.54) is 63.4 Å². The second kappa shape index (κ2) is 11.8. The Kier molecular flexibility index (Phi) is 10.2. The highest BCUT2D eigenvalue weighted by atomic mass is 16.3. The zero-order valence-electron chi connectivity index (χ0n) is 14.1. The van der Waals surface area contributed by atoms with Crippen molar-refractivity contribution in [2.75, 3.05) is 0 Å². The molecule has 1 unspecified atom stereocenters. The molecule has 0 aliphatic rings. The Bertz CT molecular complexity index is 349. The highest BCUT2D eigenvalue weighted by Crippen LogP contribution is 2.13. The molecule has 1 atom stereocenters. The molecule has 21 heavy (non-hydrogen) atoms. The minimum absolute atomic E-state index is 0.144. The van der Waals surface area contributed by atoms with Gasteiger partial charge in [0.05, 0.1) is 12.3 Å². The first-order valence-electron chi connectivity index (χ1n) is 8.88. The van der Waals surface area contributed by atoms with Crippen molar-refractivity contribution >= 4 is 0 Å². The molecule has 1 aromatic rings. The van der Waals surface area contributed by atoms with Crippen LogP contribution in [0.15, 0.2) is 12.4 Å². The molecule has 1 aromatic heterocycles. The summed E-state index contributed by atoms with van der Waals surface area (Å²) in [6.07, 6.45) is 18.6. The molecular formula is C18H34N2O. The molecule has 0 aliphatic carbocycles. The van der Waals surface area contributed by atoms with Gasteiger partial charge in [-0.25, -0.2) is 0 Å². The van der Waals surface area contributed by atoms with E-state index in [2.05, 4.69) is 12.0 Å². The molecule has 0 aliphatic heterocycles. The number of aromatic nitrogens is 2. The van der Waals surface area contributed by atoms with E-state index in [-0.39, 0.29) is 6.10 Å². The molecule has 122 valence electrons. The van der Waals surface area contributed by atoms with Crippen LogP contribution in [0.4, 0.5) is 0 Å². The zero-order valence-corrected chi connectivity index (χ0v) is 14.1.